The molecule has 0 spiro atoms. The van der Waals surface area contributed by atoms with Gasteiger partial charge in [-0.1, -0.05) is 0 Å². The minimum atomic E-state index is 0.840. The van der Waals surface area contributed by atoms with Crippen LogP contribution in [0.25, 0.3) is 21.9 Å². The van der Waals surface area contributed by atoms with Gasteiger partial charge in [-0.05, 0) is 58.8 Å². The van der Waals surface area contributed by atoms with Crippen LogP contribution in [-0.2, 0) is 6.54 Å². The highest BCUT2D eigenvalue weighted by atomic mass is 32.1. The van der Waals surface area contributed by atoms with Crippen molar-refractivity contribution in [1.29, 1.82) is 0 Å². The molecule has 2 aromatic heterocycles. The lowest BCUT2D eigenvalue weighted by atomic mass is 10.1. The summed E-state index contributed by atoms with van der Waals surface area (Å²) in [5.41, 5.74) is 5.34. The van der Waals surface area contributed by atoms with Crippen molar-refractivity contribution in [2.75, 3.05) is 17.7 Å². The molecule has 0 aliphatic heterocycles. The van der Waals surface area contributed by atoms with Gasteiger partial charge in [0.05, 0.1) is 0 Å². The van der Waals surface area contributed by atoms with Gasteiger partial charge in [-0.2, -0.15) is 11.3 Å². The predicted molar refractivity (Wildman–Crippen MR) is 94.9 cm³/mol. The van der Waals surface area contributed by atoms with Crippen LogP contribution in [0.4, 0.5) is 11.4 Å². The number of nitrogens with one attached hydrogen (secondary N) is 2. The molecule has 4 heteroatoms. The highest BCUT2D eigenvalue weighted by Gasteiger charge is 2.08. The predicted octanol–water partition coefficient (Wildman–Crippen LogP) is 5.30. The van der Waals surface area contributed by atoms with Gasteiger partial charge in [-0.15, -0.1) is 0 Å². The number of furan rings is 1. The number of hydrogen-bond donors (Lipinski definition) is 2. The third kappa shape index (κ3) is 2.31. The second kappa shape index (κ2) is 5.39. The van der Waals surface area contributed by atoms with Crippen molar-refractivity contribution >= 4 is 44.7 Å². The fourth-order valence-electron chi connectivity index (χ4n) is 2.64. The van der Waals surface area contributed by atoms with Crippen molar-refractivity contribution in [2.24, 2.45) is 0 Å². The molecule has 22 heavy (non-hydrogen) atoms. The lowest BCUT2D eigenvalue weighted by molar-refractivity contribution is 0.669. The molecule has 4 rings (SSSR count). The molecule has 0 amide bonds. The number of anilines is 2. The zero-order chi connectivity index (χ0) is 14.9. The summed E-state index contributed by atoms with van der Waals surface area (Å²) in [6.45, 7) is 0.840. The molecule has 110 valence electrons. The van der Waals surface area contributed by atoms with Crippen molar-refractivity contribution in [2.45, 2.75) is 6.54 Å². The molecule has 2 aromatic carbocycles. The van der Waals surface area contributed by atoms with E-state index in [1.807, 2.05) is 25.2 Å². The third-order valence-electron chi connectivity index (χ3n) is 3.83. The van der Waals surface area contributed by atoms with Crippen molar-refractivity contribution in [3.63, 3.8) is 0 Å². The lowest BCUT2D eigenvalue weighted by Crippen LogP contribution is -1.97. The first kappa shape index (κ1) is 13.2. The van der Waals surface area contributed by atoms with Crippen LogP contribution in [-0.4, -0.2) is 7.05 Å². The van der Waals surface area contributed by atoms with Crippen LogP contribution in [0.15, 0.2) is 57.6 Å². The van der Waals surface area contributed by atoms with E-state index in [0.717, 1.165) is 39.9 Å². The molecular weight excluding hydrogens is 292 g/mol. The molecule has 0 saturated heterocycles. The maximum Gasteiger partial charge on any atom is 0.135 e. The van der Waals surface area contributed by atoms with Gasteiger partial charge in [-0.3, -0.25) is 0 Å². The number of thiophene rings is 1. The maximum atomic E-state index is 5.90. The molecule has 0 saturated carbocycles. The van der Waals surface area contributed by atoms with E-state index < -0.39 is 0 Å². The number of benzene rings is 2. The summed E-state index contributed by atoms with van der Waals surface area (Å²) in [6.07, 6.45) is 0. The standard InChI is InChI=1S/C18H16N2OS/c1-19-13-2-4-17-15(8-13)16-9-14(3-5-18(16)21-17)20-10-12-6-7-22-11-12/h2-9,11,19-20H,10H2,1H3. The Balaban J connectivity index is 1.73. The van der Waals surface area contributed by atoms with Crippen LogP contribution in [0, 0.1) is 0 Å². The first-order chi connectivity index (χ1) is 10.8. The van der Waals surface area contributed by atoms with Crippen molar-refractivity contribution < 1.29 is 4.42 Å². The fourth-order valence-corrected chi connectivity index (χ4v) is 3.31. The zero-order valence-corrected chi connectivity index (χ0v) is 13.0. The summed E-state index contributed by atoms with van der Waals surface area (Å²) in [5, 5.41) is 13.2. The summed E-state index contributed by atoms with van der Waals surface area (Å²) in [5.74, 6) is 0. The molecular formula is C18H16N2OS. The largest absolute Gasteiger partial charge is 0.456 e. The van der Waals surface area contributed by atoms with Crippen LogP contribution in [0.3, 0.4) is 0 Å². The third-order valence-corrected chi connectivity index (χ3v) is 4.57. The fraction of sp³-hybridized carbons (Fsp3) is 0.111. The lowest BCUT2D eigenvalue weighted by Gasteiger charge is -2.05. The Labute approximate surface area is 132 Å². The summed E-state index contributed by atoms with van der Waals surface area (Å²) < 4.78 is 5.90. The van der Waals surface area contributed by atoms with E-state index in [2.05, 4.69) is 45.7 Å². The molecule has 4 aromatic rings. The summed E-state index contributed by atoms with van der Waals surface area (Å²) in [7, 11) is 1.93. The molecule has 3 nitrogen and oxygen atoms in total. The van der Waals surface area contributed by atoms with Crippen LogP contribution >= 0.6 is 11.3 Å². The Hall–Kier alpha value is -2.46. The van der Waals surface area contributed by atoms with E-state index in [1.165, 1.54) is 5.56 Å². The second-order valence-corrected chi connectivity index (χ2v) is 6.04. The first-order valence-corrected chi connectivity index (χ1v) is 8.17. The Morgan fingerprint density at radius 2 is 1.68 bits per heavy atom. The smallest absolute Gasteiger partial charge is 0.135 e. The van der Waals surface area contributed by atoms with E-state index in [-0.39, 0.29) is 0 Å². The molecule has 0 aliphatic carbocycles. The van der Waals surface area contributed by atoms with Crippen molar-refractivity contribution in [3.05, 3.63) is 58.8 Å². The molecule has 0 aliphatic rings. The summed E-state index contributed by atoms with van der Waals surface area (Å²) in [4.78, 5) is 0. The van der Waals surface area contributed by atoms with Crippen molar-refractivity contribution in [3.8, 4) is 0 Å². The summed E-state index contributed by atoms with van der Waals surface area (Å²) >= 11 is 1.72. The van der Waals surface area contributed by atoms with Gasteiger partial charge in [0.25, 0.3) is 0 Å². The minimum absolute atomic E-state index is 0.840. The van der Waals surface area contributed by atoms with E-state index in [1.54, 1.807) is 11.3 Å². The Morgan fingerprint density at radius 3 is 2.36 bits per heavy atom. The number of hydrogen-bond acceptors (Lipinski definition) is 4. The maximum absolute atomic E-state index is 5.90. The van der Waals surface area contributed by atoms with Gasteiger partial charge in [0.1, 0.15) is 11.2 Å². The van der Waals surface area contributed by atoms with E-state index in [0.29, 0.717) is 0 Å². The van der Waals surface area contributed by atoms with Crippen molar-refractivity contribution in [1.82, 2.24) is 0 Å². The average Bonchev–Trinajstić information content (AvgIpc) is 3.19. The minimum Gasteiger partial charge on any atom is -0.456 e. The molecule has 2 N–H and O–H groups in total. The van der Waals surface area contributed by atoms with Crippen LogP contribution in [0.5, 0.6) is 0 Å². The number of rotatable bonds is 4. The molecule has 0 bridgehead atoms. The van der Waals surface area contributed by atoms with E-state index >= 15 is 0 Å². The highest BCUT2D eigenvalue weighted by molar-refractivity contribution is 7.07. The Morgan fingerprint density at radius 1 is 0.955 bits per heavy atom. The van der Waals surface area contributed by atoms with Crippen LogP contribution < -0.4 is 10.6 Å². The van der Waals surface area contributed by atoms with Crippen LogP contribution in [0.2, 0.25) is 0 Å². The van der Waals surface area contributed by atoms with Crippen LogP contribution in [0.1, 0.15) is 5.56 Å². The van der Waals surface area contributed by atoms with Gasteiger partial charge in [0, 0.05) is 35.7 Å². The Bertz CT molecular complexity index is 925. The molecule has 0 fully saturated rings. The normalized spacial score (nSPS) is 11.1. The van der Waals surface area contributed by atoms with E-state index in [4.69, 9.17) is 4.42 Å². The Kier molecular flexibility index (Phi) is 3.24. The SMILES string of the molecule is CNc1ccc2oc3ccc(NCc4ccsc4)cc3c2c1. The topological polar surface area (TPSA) is 37.2 Å². The molecule has 0 atom stereocenters. The average molecular weight is 308 g/mol. The van der Waals surface area contributed by atoms with Gasteiger partial charge >= 0.3 is 0 Å². The number of fused-ring (bicyclic) bond motifs is 3. The van der Waals surface area contributed by atoms with Gasteiger partial charge in [-0.25, -0.2) is 0 Å². The first-order valence-electron chi connectivity index (χ1n) is 7.22. The van der Waals surface area contributed by atoms with E-state index in [9.17, 15) is 0 Å². The quantitative estimate of drug-likeness (QED) is 0.537. The molecule has 2 heterocycles. The summed E-state index contributed by atoms with van der Waals surface area (Å²) in [6, 6.07) is 14.6. The molecule has 0 radical (unpaired) electrons. The second-order valence-electron chi connectivity index (χ2n) is 5.26. The highest BCUT2D eigenvalue weighted by Crippen LogP contribution is 2.32. The molecule has 0 unspecified atom stereocenters. The zero-order valence-electron chi connectivity index (χ0n) is 12.2. The van der Waals surface area contributed by atoms with Gasteiger partial charge in [0.2, 0.25) is 0 Å². The monoisotopic (exact) mass is 308 g/mol. The van der Waals surface area contributed by atoms with Gasteiger partial charge < -0.3 is 15.1 Å². The van der Waals surface area contributed by atoms with Gasteiger partial charge in [0.15, 0.2) is 0 Å².